The molecule has 6 nitrogen and oxygen atoms in total. The Balaban J connectivity index is 1.55. The Kier molecular flexibility index (Phi) is 5.15. The van der Waals surface area contributed by atoms with Gasteiger partial charge in [-0.3, -0.25) is 9.59 Å². The molecule has 3 aliphatic rings. The minimum Gasteiger partial charge on any atom is -0.355 e. The van der Waals surface area contributed by atoms with Gasteiger partial charge in [-0.25, -0.2) is 8.42 Å². The zero-order valence-electron chi connectivity index (χ0n) is 17.1. The van der Waals surface area contributed by atoms with Crippen molar-refractivity contribution < 1.29 is 18.0 Å². The minimum absolute atomic E-state index is 0.0289. The lowest BCUT2D eigenvalue weighted by Gasteiger charge is -2.51. The van der Waals surface area contributed by atoms with Gasteiger partial charge in [-0.1, -0.05) is 34.1 Å². The molecular formula is C20H34N2O4S. The molecule has 0 aromatic rings. The monoisotopic (exact) mass is 398 g/mol. The lowest BCUT2D eigenvalue weighted by molar-refractivity contribution is -0.135. The van der Waals surface area contributed by atoms with E-state index in [-0.39, 0.29) is 34.9 Å². The zero-order valence-corrected chi connectivity index (χ0v) is 17.9. The first-order chi connectivity index (χ1) is 12.4. The summed E-state index contributed by atoms with van der Waals surface area (Å²) in [6.45, 7) is 8.15. The van der Waals surface area contributed by atoms with Gasteiger partial charge >= 0.3 is 0 Å². The highest BCUT2D eigenvalue weighted by molar-refractivity contribution is 7.92. The molecule has 27 heavy (non-hydrogen) atoms. The number of carbonyl (C=O) groups is 2. The summed E-state index contributed by atoms with van der Waals surface area (Å²) in [6, 6.07) is -0.0790. The summed E-state index contributed by atoms with van der Waals surface area (Å²) in [7, 11) is -3.15. The number of carbonyl (C=O) groups excluding carboxylic acids is 2. The highest BCUT2D eigenvalue weighted by Crippen LogP contribution is 2.50. The van der Waals surface area contributed by atoms with Crippen LogP contribution in [-0.4, -0.2) is 43.3 Å². The summed E-state index contributed by atoms with van der Waals surface area (Å²) in [6.07, 6.45) is 5.16. The molecule has 1 aliphatic heterocycles. The Morgan fingerprint density at radius 3 is 2.26 bits per heavy atom. The molecule has 0 bridgehead atoms. The first-order valence-electron chi connectivity index (χ1n) is 10.2. The van der Waals surface area contributed by atoms with Crippen LogP contribution < -0.4 is 10.6 Å². The Bertz CT molecular complexity index is 713. The largest absolute Gasteiger partial charge is 0.355 e. The summed E-state index contributed by atoms with van der Waals surface area (Å²) in [5.74, 6) is 0.430. The van der Waals surface area contributed by atoms with Crippen molar-refractivity contribution in [3.8, 4) is 0 Å². The zero-order chi connectivity index (χ0) is 20.1. The average molecular weight is 399 g/mol. The number of rotatable bonds is 4. The second-order valence-corrected chi connectivity index (χ2v) is 12.8. The number of sulfone groups is 1. The Morgan fingerprint density at radius 2 is 1.74 bits per heavy atom. The molecule has 2 aliphatic carbocycles. The summed E-state index contributed by atoms with van der Waals surface area (Å²) in [5, 5.41) is 6.08. The van der Waals surface area contributed by atoms with E-state index in [1.807, 2.05) is 27.7 Å². The van der Waals surface area contributed by atoms with Gasteiger partial charge in [0.1, 0.15) is 0 Å². The van der Waals surface area contributed by atoms with Gasteiger partial charge in [-0.05, 0) is 44.4 Å². The maximum absolute atomic E-state index is 12.7. The lowest BCUT2D eigenvalue weighted by atomic mass is 9.68. The van der Waals surface area contributed by atoms with Crippen LogP contribution in [0, 0.1) is 16.7 Å². The van der Waals surface area contributed by atoms with E-state index in [9.17, 15) is 18.0 Å². The normalized spacial score (nSPS) is 34.2. The van der Waals surface area contributed by atoms with Crippen molar-refractivity contribution in [2.45, 2.75) is 83.4 Å². The third-order valence-corrected chi connectivity index (χ3v) is 9.50. The van der Waals surface area contributed by atoms with E-state index in [0.717, 1.165) is 19.3 Å². The summed E-state index contributed by atoms with van der Waals surface area (Å²) in [4.78, 5) is 24.6. The van der Waals surface area contributed by atoms with Crippen molar-refractivity contribution >= 4 is 21.7 Å². The van der Waals surface area contributed by atoms with Crippen molar-refractivity contribution in [3.05, 3.63) is 0 Å². The number of amides is 2. The van der Waals surface area contributed by atoms with Crippen LogP contribution in [0.15, 0.2) is 0 Å². The van der Waals surface area contributed by atoms with Crippen LogP contribution in [0.1, 0.15) is 72.6 Å². The number of nitrogens with one attached hydrogen (secondary N) is 2. The van der Waals surface area contributed by atoms with Gasteiger partial charge in [0.2, 0.25) is 11.8 Å². The molecule has 3 fully saturated rings. The second kappa shape index (κ2) is 6.75. The maximum atomic E-state index is 12.7. The van der Waals surface area contributed by atoms with Gasteiger partial charge in [-0.2, -0.15) is 0 Å². The third-order valence-electron chi connectivity index (χ3n) is 6.91. The first kappa shape index (κ1) is 20.6. The molecule has 154 valence electrons. The van der Waals surface area contributed by atoms with Crippen molar-refractivity contribution in [2.24, 2.45) is 16.7 Å². The molecule has 0 aromatic carbocycles. The highest BCUT2D eigenvalue weighted by atomic mass is 32.2. The molecule has 1 atom stereocenters. The van der Waals surface area contributed by atoms with E-state index >= 15 is 0 Å². The maximum Gasteiger partial charge on any atom is 0.225 e. The summed E-state index contributed by atoms with van der Waals surface area (Å²) >= 11 is 0. The number of hydrogen-bond donors (Lipinski definition) is 2. The first-order valence-corrected chi connectivity index (χ1v) is 11.8. The second-order valence-electron chi connectivity index (χ2n) is 10.3. The van der Waals surface area contributed by atoms with E-state index in [1.54, 1.807) is 0 Å². The van der Waals surface area contributed by atoms with E-state index < -0.39 is 20.0 Å². The van der Waals surface area contributed by atoms with Crippen LogP contribution >= 0.6 is 0 Å². The van der Waals surface area contributed by atoms with Crippen LogP contribution in [0.2, 0.25) is 0 Å². The molecule has 2 N–H and O–H groups in total. The Labute approximate surface area is 163 Å². The fourth-order valence-electron chi connectivity index (χ4n) is 4.66. The quantitative estimate of drug-likeness (QED) is 0.759. The highest BCUT2D eigenvalue weighted by Gasteiger charge is 2.56. The van der Waals surface area contributed by atoms with Crippen LogP contribution in [0.3, 0.4) is 0 Å². The standard InChI is InChI=1S/C20H34N2O4S/c1-18(2,3)16(23)22-15-6-9-27(25,26)20(12-15)10-14(11-20)13-21-17(24)19(4)7-5-8-19/h14-15H,5-13H2,1-4H3,(H,21,24)(H,22,23). The van der Waals surface area contributed by atoms with Gasteiger partial charge in [-0.15, -0.1) is 0 Å². The third kappa shape index (κ3) is 3.89. The molecule has 1 heterocycles. The molecule has 1 saturated heterocycles. The summed E-state index contributed by atoms with van der Waals surface area (Å²) < 4.78 is 24.7. The van der Waals surface area contributed by atoms with Gasteiger partial charge in [0.15, 0.2) is 9.84 Å². The minimum atomic E-state index is -3.15. The van der Waals surface area contributed by atoms with Crippen molar-refractivity contribution in [2.75, 3.05) is 12.3 Å². The van der Waals surface area contributed by atoms with Gasteiger partial charge in [0.25, 0.3) is 0 Å². The molecule has 1 spiro atoms. The van der Waals surface area contributed by atoms with E-state index in [4.69, 9.17) is 0 Å². The molecule has 3 rings (SSSR count). The van der Waals surface area contributed by atoms with Crippen molar-refractivity contribution in [3.63, 3.8) is 0 Å². The molecule has 0 aromatic heterocycles. The lowest BCUT2D eigenvalue weighted by Crippen LogP contribution is -2.61. The fraction of sp³-hybridized carbons (Fsp3) is 0.900. The van der Waals surface area contributed by atoms with E-state index in [0.29, 0.717) is 32.2 Å². The van der Waals surface area contributed by atoms with Gasteiger partial charge in [0, 0.05) is 23.4 Å². The van der Waals surface area contributed by atoms with Crippen LogP contribution in [-0.2, 0) is 19.4 Å². The Morgan fingerprint density at radius 1 is 1.11 bits per heavy atom. The average Bonchev–Trinajstić information content (AvgIpc) is 2.49. The van der Waals surface area contributed by atoms with Crippen LogP contribution in [0.4, 0.5) is 0 Å². The predicted octanol–water partition coefficient (Wildman–Crippen LogP) is 2.18. The fourth-order valence-corrected chi connectivity index (χ4v) is 7.12. The molecule has 0 radical (unpaired) electrons. The van der Waals surface area contributed by atoms with Crippen molar-refractivity contribution in [1.82, 2.24) is 10.6 Å². The predicted molar refractivity (Wildman–Crippen MR) is 105 cm³/mol. The topological polar surface area (TPSA) is 92.3 Å². The molecular weight excluding hydrogens is 364 g/mol. The van der Waals surface area contributed by atoms with E-state index in [2.05, 4.69) is 10.6 Å². The number of hydrogen-bond acceptors (Lipinski definition) is 4. The van der Waals surface area contributed by atoms with Gasteiger partial charge in [0.05, 0.1) is 10.5 Å². The van der Waals surface area contributed by atoms with Gasteiger partial charge < -0.3 is 10.6 Å². The van der Waals surface area contributed by atoms with Crippen LogP contribution in [0.5, 0.6) is 0 Å². The molecule has 2 saturated carbocycles. The Hall–Kier alpha value is -1.11. The molecule has 1 unspecified atom stereocenters. The smallest absolute Gasteiger partial charge is 0.225 e. The molecule has 2 amide bonds. The van der Waals surface area contributed by atoms with Crippen LogP contribution in [0.25, 0.3) is 0 Å². The SMILES string of the molecule is CC(C)(C)C(=O)NC1CCS(=O)(=O)C2(CC(CNC(=O)C3(C)CCC3)C2)C1. The van der Waals surface area contributed by atoms with E-state index in [1.165, 1.54) is 0 Å². The summed E-state index contributed by atoms with van der Waals surface area (Å²) in [5.41, 5.74) is -0.700. The van der Waals surface area contributed by atoms with Crippen molar-refractivity contribution in [1.29, 1.82) is 0 Å². The molecule has 7 heteroatoms.